The molecule has 14 heavy (non-hydrogen) atoms. The molecule has 2 fully saturated rings. The maximum Gasteiger partial charge on any atom is 0.404 e. The van der Waals surface area contributed by atoms with Crippen molar-refractivity contribution in [1.29, 1.82) is 0 Å². The standard InChI is InChI=1S/C9H15NO4/c11-9(12)10-6-5-7(6)14-8-3-1-2-4-13-8/h6-8,10H,1-5H2,(H,11,12). The Morgan fingerprint density at radius 2 is 2.36 bits per heavy atom. The van der Waals surface area contributed by atoms with Gasteiger partial charge in [-0.2, -0.15) is 0 Å². The lowest BCUT2D eigenvalue weighted by atomic mass is 10.2. The highest BCUT2D eigenvalue weighted by molar-refractivity contribution is 5.65. The second-order valence-electron chi connectivity index (χ2n) is 3.76. The molecule has 1 amide bonds. The molecule has 2 N–H and O–H groups in total. The summed E-state index contributed by atoms with van der Waals surface area (Å²) in [6, 6.07) is -0.0296. The minimum Gasteiger partial charge on any atom is -0.465 e. The van der Waals surface area contributed by atoms with Gasteiger partial charge in [0.15, 0.2) is 6.29 Å². The van der Waals surface area contributed by atoms with Gasteiger partial charge in [-0.1, -0.05) is 0 Å². The van der Waals surface area contributed by atoms with Crippen molar-refractivity contribution >= 4 is 6.09 Å². The third-order valence-corrected chi connectivity index (χ3v) is 2.51. The van der Waals surface area contributed by atoms with Gasteiger partial charge in [0, 0.05) is 6.61 Å². The highest BCUT2D eigenvalue weighted by Crippen LogP contribution is 2.29. The van der Waals surface area contributed by atoms with E-state index in [9.17, 15) is 4.79 Å². The molecule has 2 aliphatic rings. The zero-order valence-electron chi connectivity index (χ0n) is 7.94. The second kappa shape index (κ2) is 4.14. The number of carbonyl (C=O) groups is 1. The maximum absolute atomic E-state index is 10.3. The van der Waals surface area contributed by atoms with Crippen LogP contribution < -0.4 is 5.32 Å². The van der Waals surface area contributed by atoms with Gasteiger partial charge in [0.1, 0.15) is 0 Å². The Balaban J connectivity index is 1.65. The zero-order chi connectivity index (χ0) is 9.97. The Kier molecular flexibility index (Phi) is 2.88. The molecule has 80 valence electrons. The van der Waals surface area contributed by atoms with Crippen LogP contribution in [-0.4, -0.2) is 36.2 Å². The summed E-state index contributed by atoms with van der Waals surface area (Å²) < 4.78 is 11.0. The molecular formula is C9H15NO4. The van der Waals surface area contributed by atoms with E-state index in [0.717, 1.165) is 32.3 Å². The van der Waals surface area contributed by atoms with E-state index < -0.39 is 6.09 Å². The Morgan fingerprint density at radius 3 is 3.00 bits per heavy atom. The Hall–Kier alpha value is -0.810. The summed E-state index contributed by atoms with van der Waals surface area (Å²) in [5, 5.41) is 10.8. The molecule has 1 saturated carbocycles. The van der Waals surface area contributed by atoms with Crippen molar-refractivity contribution in [2.24, 2.45) is 0 Å². The number of ether oxygens (including phenoxy) is 2. The van der Waals surface area contributed by atoms with E-state index in [4.69, 9.17) is 14.6 Å². The Labute approximate surface area is 82.4 Å². The average molecular weight is 201 g/mol. The van der Waals surface area contributed by atoms with Crippen LogP contribution in [0.3, 0.4) is 0 Å². The van der Waals surface area contributed by atoms with Crippen LogP contribution in [0.25, 0.3) is 0 Å². The molecular weight excluding hydrogens is 186 g/mol. The third kappa shape index (κ3) is 2.59. The van der Waals surface area contributed by atoms with Crippen molar-refractivity contribution < 1.29 is 19.4 Å². The molecule has 0 spiro atoms. The van der Waals surface area contributed by atoms with Crippen LogP contribution >= 0.6 is 0 Å². The molecule has 0 radical (unpaired) electrons. The average Bonchev–Trinajstić information content (AvgIpc) is 2.84. The van der Waals surface area contributed by atoms with Gasteiger partial charge in [-0.15, -0.1) is 0 Å². The summed E-state index contributed by atoms with van der Waals surface area (Å²) in [5.74, 6) is 0. The highest BCUT2D eigenvalue weighted by atomic mass is 16.7. The first kappa shape index (κ1) is 9.73. The van der Waals surface area contributed by atoms with E-state index >= 15 is 0 Å². The van der Waals surface area contributed by atoms with E-state index in [1.165, 1.54) is 0 Å². The van der Waals surface area contributed by atoms with E-state index in [2.05, 4.69) is 5.32 Å². The maximum atomic E-state index is 10.3. The van der Waals surface area contributed by atoms with Gasteiger partial charge in [0.2, 0.25) is 0 Å². The van der Waals surface area contributed by atoms with Crippen molar-refractivity contribution in [1.82, 2.24) is 5.32 Å². The summed E-state index contributed by atoms with van der Waals surface area (Å²) >= 11 is 0. The topological polar surface area (TPSA) is 67.8 Å². The van der Waals surface area contributed by atoms with Gasteiger partial charge in [-0.3, -0.25) is 0 Å². The van der Waals surface area contributed by atoms with Crippen LogP contribution in [0.4, 0.5) is 4.79 Å². The van der Waals surface area contributed by atoms with Crippen molar-refractivity contribution in [2.45, 2.75) is 44.1 Å². The fourth-order valence-corrected chi connectivity index (χ4v) is 1.65. The molecule has 5 nitrogen and oxygen atoms in total. The zero-order valence-corrected chi connectivity index (χ0v) is 7.94. The van der Waals surface area contributed by atoms with E-state index in [-0.39, 0.29) is 18.4 Å². The predicted molar refractivity (Wildman–Crippen MR) is 48.0 cm³/mol. The molecule has 1 heterocycles. The molecule has 0 aromatic heterocycles. The summed E-state index contributed by atoms with van der Waals surface area (Å²) in [4.78, 5) is 10.3. The van der Waals surface area contributed by atoms with Crippen LogP contribution in [0.15, 0.2) is 0 Å². The van der Waals surface area contributed by atoms with Gasteiger partial charge in [-0.05, 0) is 25.7 Å². The molecule has 3 atom stereocenters. The minimum atomic E-state index is -0.981. The number of rotatable bonds is 3. The quantitative estimate of drug-likeness (QED) is 0.713. The van der Waals surface area contributed by atoms with Crippen LogP contribution in [0.5, 0.6) is 0 Å². The second-order valence-corrected chi connectivity index (χ2v) is 3.76. The molecule has 1 aliphatic heterocycles. The summed E-state index contributed by atoms with van der Waals surface area (Å²) in [6.07, 6.45) is 2.85. The number of amides is 1. The first-order valence-corrected chi connectivity index (χ1v) is 5.02. The Morgan fingerprint density at radius 1 is 1.50 bits per heavy atom. The van der Waals surface area contributed by atoms with E-state index in [1.54, 1.807) is 0 Å². The smallest absolute Gasteiger partial charge is 0.404 e. The number of hydrogen-bond acceptors (Lipinski definition) is 3. The molecule has 1 saturated heterocycles. The first-order chi connectivity index (χ1) is 6.75. The molecule has 0 aromatic carbocycles. The number of carboxylic acid groups (broad SMARTS) is 1. The van der Waals surface area contributed by atoms with Crippen molar-refractivity contribution in [2.75, 3.05) is 6.61 Å². The van der Waals surface area contributed by atoms with Gasteiger partial charge in [-0.25, -0.2) is 4.79 Å². The highest BCUT2D eigenvalue weighted by Gasteiger charge is 2.41. The largest absolute Gasteiger partial charge is 0.465 e. The van der Waals surface area contributed by atoms with Gasteiger partial charge >= 0.3 is 6.09 Å². The fourth-order valence-electron chi connectivity index (χ4n) is 1.65. The minimum absolute atomic E-state index is 0.0224. The molecule has 0 bridgehead atoms. The molecule has 5 heteroatoms. The lowest BCUT2D eigenvalue weighted by molar-refractivity contribution is -0.169. The van der Waals surface area contributed by atoms with Crippen LogP contribution in [0.1, 0.15) is 25.7 Å². The summed E-state index contributed by atoms with van der Waals surface area (Å²) in [7, 11) is 0. The summed E-state index contributed by atoms with van der Waals surface area (Å²) in [6.45, 7) is 0.758. The Bertz CT molecular complexity index is 215. The summed E-state index contributed by atoms with van der Waals surface area (Å²) in [5.41, 5.74) is 0. The molecule has 0 aromatic rings. The van der Waals surface area contributed by atoms with Crippen molar-refractivity contribution in [3.63, 3.8) is 0 Å². The van der Waals surface area contributed by atoms with Gasteiger partial charge < -0.3 is 19.9 Å². The van der Waals surface area contributed by atoms with Crippen molar-refractivity contribution in [3.8, 4) is 0 Å². The van der Waals surface area contributed by atoms with Crippen LogP contribution in [-0.2, 0) is 9.47 Å². The van der Waals surface area contributed by atoms with Crippen molar-refractivity contribution in [3.05, 3.63) is 0 Å². The number of nitrogens with one attached hydrogen (secondary N) is 1. The van der Waals surface area contributed by atoms with Gasteiger partial charge in [0.25, 0.3) is 0 Å². The third-order valence-electron chi connectivity index (χ3n) is 2.51. The SMILES string of the molecule is O=C(O)NC1CC1OC1CCCCO1. The van der Waals surface area contributed by atoms with Gasteiger partial charge in [0.05, 0.1) is 12.1 Å². The number of hydrogen-bond donors (Lipinski definition) is 2. The lowest BCUT2D eigenvalue weighted by Gasteiger charge is -2.22. The molecule has 2 rings (SSSR count). The predicted octanol–water partition coefficient (Wildman–Crippen LogP) is 0.938. The van der Waals surface area contributed by atoms with Crippen LogP contribution in [0.2, 0.25) is 0 Å². The lowest BCUT2D eigenvalue weighted by Crippen LogP contribution is -2.29. The monoisotopic (exact) mass is 201 g/mol. The first-order valence-electron chi connectivity index (χ1n) is 5.02. The fraction of sp³-hybridized carbons (Fsp3) is 0.889. The molecule has 1 aliphatic carbocycles. The normalized spacial score (nSPS) is 36.4. The van der Waals surface area contributed by atoms with E-state index in [0.29, 0.717) is 0 Å². The van der Waals surface area contributed by atoms with E-state index in [1.807, 2.05) is 0 Å². The van der Waals surface area contributed by atoms with Crippen LogP contribution in [0, 0.1) is 0 Å². The molecule has 3 unspecified atom stereocenters.